The Balaban J connectivity index is 2.01. The van der Waals surface area contributed by atoms with Crippen LogP contribution in [0.2, 0.25) is 5.02 Å². The second kappa shape index (κ2) is 9.06. The zero-order valence-electron chi connectivity index (χ0n) is 14.8. The number of nitrogens with zero attached hydrogens (tertiary/aromatic N) is 1. The number of halogens is 1. The van der Waals surface area contributed by atoms with E-state index in [2.05, 4.69) is 4.90 Å². The fourth-order valence-electron chi connectivity index (χ4n) is 2.93. The van der Waals surface area contributed by atoms with Gasteiger partial charge in [0.25, 0.3) is 0 Å². The van der Waals surface area contributed by atoms with Crippen molar-refractivity contribution in [1.29, 1.82) is 0 Å². The smallest absolute Gasteiger partial charge is 0.330 e. The Labute approximate surface area is 164 Å². The Morgan fingerprint density at radius 3 is 1.74 bits per heavy atom. The molecule has 0 aromatic heterocycles. The summed E-state index contributed by atoms with van der Waals surface area (Å²) >= 11 is 6.01. The second-order valence-electron chi connectivity index (χ2n) is 6.20. The van der Waals surface area contributed by atoms with Gasteiger partial charge >= 0.3 is 5.97 Å². The van der Waals surface area contributed by atoms with Crippen molar-refractivity contribution in [3.05, 3.63) is 113 Å². The number of hydrogen-bond acceptors (Lipinski definition) is 2. The molecule has 0 saturated carbocycles. The summed E-state index contributed by atoms with van der Waals surface area (Å²) in [5.74, 6) is -0.980. The van der Waals surface area contributed by atoms with Gasteiger partial charge in [0.05, 0.1) is 5.70 Å². The van der Waals surface area contributed by atoms with Crippen LogP contribution in [0.3, 0.4) is 0 Å². The molecule has 3 nitrogen and oxygen atoms in total. The minimum absolute atomic E-state index is 0.595. The van der Waals surface area contributed by atoms with Crippen LogP contribution in [0.5, 0.6) is 0 Å². The molecule has 0 unspecified atom stereocenters. The maximum atomic E-state index is 11.5. The van der Waals surface area contributed by atoms with E-state index in [1.165, 1.54) is 6.08 Å². The third kappa shape index (κ3) is 5.47. The zero-order chi connectivity index (χ0) is 19.1. The Morgan fingerprint density at radius 2 is 1.30 bits per heavy atom. The summed E-state index contributed by atoms with van der Waals surface area (Å²) in [6.45, 7) is 1.19. The van der Waals surface area contributed by atoms with Crippen LogP contribution in [-0.2, 0) is 17.9 Å². The van der Waals surface area contributed by atoms with E-state index in [1.54, 1.807) is 12.1 Å². The lowest BCUT2D eigenvalue weighted by atomic mass is 10.1. The molecule has 1 N–H and O–H groups in total. The van der Waals surface area contributed by atoms with Gasteiger partial charge < -0.3 is 10.0 Å². The van der Waals surface area contributed by atoms with Gasteiger partial charge in [0.1, 0.15) is 0 Å². The van der Waals surface area contributed by atoms with Gasteiger partial charge in [0.15, 0.2) is 0 Å². The first-order valence-electron chi connectivity index (χ1n) is 8.65. The molecule has 3 rings (SSSR count). The molecule has 0 heterocycles. The molecule has 0 atom stereocenters. The van der Waals surface area contributed by atoms with Gasteiger partial charge in [-0.3, -0.25) is 0 Å². The van der Waals surface area contributed by atoms with E-state index in [0.717, 1.165) is 16.7 Å². The predicted octanol–water partition coefficient (Wildman–Crippen LogP) is 5.47. The van der Waals surface area contributed by atoms with E-state index < -0.39 is 5.97 Å². The highest BCUT2D eigenvalue weighted by Crippen LogP contribution is 2.25. The summed E-state index contributed by atoms with van der Waals surface area (Å²) in [4.78, 5) is 13.6. The van der Waals surface area contributed by atoms with E-state index in [4.69, 9.17) is 11.6 Å². The Hall–Kier alpha value is -3.04. The van der Waals surface area contributed by atoms with Crippen LogP contribution in [-0.4, -0.2) is 16.0 Å². The van der Waals surface area contributed by atoms with Gasteiger partial charge in [-0.1, -0.05) is 84.4 Å². The van der Waals surface area contributed by atoms with E-state index >= 15 is 0 Å². The van der Waals surface area contributed by atoms with Gasteiger partial charge in [-0.2, -0.15) is 0 Å². The topological polar surface area (TPSA) is 40.5 Å². The fraction of sp³-hybridized carbons (Fsp3) is 0.0870. The first-order chi connectivity index (χ1) is 13.1. The minimum Gasteiger partial charge on any atom is -0.478 e. The molecule has 0 fully saturated rings. The Morgan fingerprint density at radius 1 is 0.815 bits per heavy atom. The summed E-state index contributed by atoms with van der Waals surface area (Å²) in [5.41, 5.74) is 3.68. The number of hydrogen-bond donors (Lipinski definition) is 1. The van der Waals surface area contributed by atoms with Crippen LogP contribution < -0.4 is 0 Å². The van der Waals surface area contributed by atoms with Gasteiger partial charge in [0.2, 0.25) is 0 Å². The lowest BCUT2D eigenvalue weighted by Gasteiger charge is -2.28. The highest BCUT2D eigenvalue weighted by molar-refractivity contribution is 6.30. The van der Waals surface area contributed by atoms with E-state index in [-0.39, 0.29) is 0 Å². The third-order valence-corrected chi connectivity index (χ3v) is 4.43. The third-order valence-electron chi connectivity index (χ3n) is 4.17. The van der Waals surface area contributed by atoms with Gasteiger partial charge in [-0.25, -0.2) is 4.79 Å². The molecule has 0 bridgehead atoms. The normalized spacial score (nSPS) is 11.2. The molecule has 0 radical (unpaired) electrons. The molecule has 0 amide bonds. The van der Waals surface area contributed by atoms with E-state index in [1.807, 2.05) is 72.8 Å². The van der Waals surface area contributed by atoms with Gasteiger partial charge in [-0.05, 0) is 28.8 Å². The fourth-order valence-corrected chi connectivity index (χ4v) is 3.05. The molecule has 27 heavy (non-hydrogen) atoms. The quantitative estimate of drug-likeness (QED) is 0.555. The standard InChI is InChI=1S/C23H20ClNO2/c24-21-13-11-20(12-14-21)22(15-23(26)27)25(16-18-7-3-1-4-8-18)17-19-9-5-2-6-10-19/h1-15H,16-17H2,(H,26,27)/b22-15+. The van der Waals surface area contributed by atoms with Crippen LogP contribution in [0.15, 0.2) is 91.0 Å². The SMILES string of the molecule is O=C(O)/C=C(\c1ccc(Cl)cc1)N(Cc1ccccc1)Cc1ccccc1. The highest BCUT2D eigenvalue weighted by Gasteiger charge is 2.15. The molecular formula is C23H20ClNO2. The monoisotopic (exact) mass is 377 g/mol. The summed E-state index contributed by atoms with van der Waals surface area (Å²) in [7, 11) is 0. The highest BCUT2D eigenvalue weighted by atomic mass is 35.5. The van der Waals surface area contributed by atoms with Crippen molar-refractivity contribution < 1.29 is 9.90 Å². The first-order valence-corrected chi connectivity index (χ1v) is 9.03. The number of carboxylic acid groups (broad SMARTS) is 1. The number of carboxylic acids is 1. The van der Waals surface area contributed by atoms with Crippen LogP contribution in [0, 0.1) is 0 Å². The number of carbonyl (C=O) groups is 1. The van der Waals surface area contributed by atoms with Gasteiger partial charge in [0, 0.05) is 24.2 Å². The van der Waals surface area contributed by atoms with Crippen molar-refractivity contribution >= 4 is 23.3 Å². The number of aliphatic carboxylic acids is 1. The minimum atomic E-state index is -0.980. The molecule has 0 aliphatic rings. The molecule has 0 saturated heterocycles. The average Bonchev–Trinajstić information content (AvgIpc) is 2.68. The lowest BCUT2D eigenvalue weighted by Crippen LogP contribution is -2.22. The van der Waals surface area contributed by atoms with Crippen molar-refractivity contribution in [3.8, 4) is 0 Å². The largest absolute Gasteiger partial charge is 0.478 e. The predicted molar refractivity (Wildman–Crippen MR) is 109 cm³/mol. The Kier molecular flexibility index (Phi) is 6.29. The van der Waals surface area contributed by atoms with Crippen molar-refractivity contribution in [3.63, 3.8) is 0 Å². The molecule has 4 heteroatoms. The summed E-state index contributed by atoms with van der Waals surface area (Å²) in [5, 5.41) is 10.1. The molecule has 3 aromatic rings. The number of benzene rings is 3. The first kappa shape index (κ1) is 18.7. The molecule has 136 valence electrons. The molecule has 0 aliphatic carbocycles. The maximum Gasteiger partial charge on any atom is 0.330 e. The molecule has 3 aromatic carbocycles. The summed E-state index contributed by atoms with van der Waals surface area (Å²) in [6.07, 6.45) is 1.26. The van der Waals surface area contributed by atoms with Crippen molar-refractivity contribution in [2.45, 2.75) is 13.1 Å². The zero-order valence-corrected chi connectivity index (χ0v) is 15.5. The summed E-state index contributed by atoms with van der Waals surface area (Å²) < 4.78 is 0. The van der Waals surface area contributed by atoms with Crippen molar-refractivity contribution in [2.75, 3.05) is 0 Å². The molecular weight excluding hydrogens is 358 g/mol. The van der Waals surface area contributed by atoms with E-state index in [0.29, 0.717) is 23.8 Å². The van der Waals surface area contributed by atoms with E-state index in [9.17, 15) is 9.90 Å². The van der Waals surface area contributed by atoms with Crippen LogP contribution >= 0.6 is 11.6 Å². The van der Waals surface area contributed by atoms with Gasteiger partial charge in [-0.15, -0.1) is 0 Å². The number of rotatable bonds is 7. The van der Waals surface area contributed by atoms with Crippen molar-refractivity contribution in [1.82, 2.24) is 4.90 Å². The maximum absolute atomic E-state index is 11.5. The lowest BCUT2D eigenvalue weighted by molar-refractivity contribution is -0.131. The Bertz CT molecular complexity index is 865. The molecule has 0 aliphatic heterocycles. The van der Waals surface area contributed by atoms with Crippen LogP contribution in [0.4, 0.5) is 0 Å². The average molecular weight is 378 g/mol. The second-order valence-corrected chi connectivity index (χ2v) is 6.64. The van der Waals surface area contributed by atoms with Crippen LogP contribution in [0.25, 0.3) is 5.70 Å². The van der Waals surface area contributed by atoms with Crippen molar-refractivity contribution in [2.24, 2.45) is 0 Å². The molecule has 0 spiro atoms. The summed E-state index contributed by atoms with van der Waals surface area (Å²) in [6, 6.07) is 27.3. The van der Waals surface area contributed by atoms with Crippen LogP contribution in [0.1, 0.15) is 16.7 Å².